The molecular weight excluding hydrogens is 292 g/mol. The van der Waals surface area contributed by atoms with Gasteiger partial charge >= 0.3 is 0 Å². The van der Waals surface area contributed by atoms with Crippen LogP contribution in [0.15, 0.2) is 0 Å². The number of nitrogens with one attached hydrogen (secondary N) is 2. The zero-order chi connectivity index (χ0) is 17.8. The molecule has 0 aromatic carbocycles. The van der Waals surface area contributed by atoms with Crippen molar-refractivity contribution < 1.29 is 0 Å². The molecule has 0 bridgehead atoms. The van der Waals surface area contributed by atoms with Gasteiger partial charge in [-0.05, 0) is 46.0 Å². The fourth-order valence-electron chi connectivity index (χ4n) is 4.41. The van der Waals surface area contributed by atoms with E-state index in [2.05, 4.69) is 45.3 Å². The number of unbranched alkanes of at least 4 members (excludes halogenated alkanes) is 6. The molecule has 144 valence electrons. The van der Waals surface area contributed by atoms with Gasteiger partial charge in [0.2, 0.25) is 0 Å². The van der Waals surface area contributed by atoms with Crippen LogP contribution in [0.25, 0.3) is 0 Å². The standard InChI is InChI=1S/C22H46N2/c1-6-7-8-9-10-11-12-17-21(20-15-13-14-16-20)22(23-18(2)3)24-19(4)5/h18-24H,6-17H2,1-5H3. The first-order valence-electron chi connectivity index (χ1n) is 11.1. The zero-order valence-electron chi connectivity index (χ0n) is 17.4. The van der Waals surface area contributed by atoms with E-state index < -0.39 is 0 Å². The lowest BCUT2D eigenvalue weighted by molar-refractivity contribution is 0.182. The molecule has 1 aliphatic carbocycles. The van der Waals surface area contributed by atoms with Crippen molar-refractivity contribution in [2.24, 2.45) is 11.8 Å². The Kier molecular flexibility index (Phi) is 12.0. The molecule has 1 saturated carbocycles. The molecule has 0 saturated heterocycles. The molecule has 0 spiro atoms. The van der Waals surface area contributed by atoms with Crippen LogP contribution in [0.5, 0.6) is 0 Å². The van der Waals surface area contributed by atoms with Crippen molar-refractivity contribution in [3.05, 3.63) is 0 Å². The van der Waals surface area contributed by atoms with Crippen molar-refractivity contribution in [2.45, 2.75) is 130 Å². The highest BCUT2D eigenvalue weighted by Crippen LogP contribution is 2.36. The van der Waals surface area contributed by atoms with E-state index in [1.165, 1.54) is 77.0 Å². The Labute approximate surface area is 152 Å². The monoisotopic (exact) mass is 338 g/mol. The predicted molar refractivity (Wildman–Crippen MR) is 108 cm³/mol. The van der Waals surface area contributed by atoms with E-state index in [1.54, 1.807) is 0 Å². The molecule has 1 aliphatic rings. The van der Waals surface area contributed by atoms with Crippen LogP contribution in [0.4, 0.5) is 0 Å². The quantitative estimate of drug-likeness (QED) is 0.289. The predicted octanol–water partition coefficient (Wildman–Crippen LogP) is 6.26. The Balaban J connectivity index is 2.48. The van der Waals surface area contributed by atoms with Crippen molar-refractivity contribution in [3.63, 3.8) is 0 Å². The Morgan fingerprint density at radius 3 is 1.75 bits per heavy atom. The average Bonchev–Trinajstić information content (AvgIpc) is 3.02. The summed E-state index contributed by atoms with van der Waals surface area (Å²) < 4.78 is 0. The molecule has 1 atom stereocenters. The van der Waals surface area contributed by atoms with Gasteiger partial charge in [-0.15, -0.1) is 0 Å². The van der Waals surface area contributed by atoms with Crippen LogP contribution < -0.4 is 10.6 Å². The maximum absolute atomic E-state index is 3.85. The van der Waals surface area contributed by atoms with Gasteiger partial charge in [-0.1, -0.05) is 77.6 Å². The SMILES string of the molecule is CCCCCCCCCC(C1CCCC1)C(NC(C)C)NC(C)C. The first-order valence-corrected chi connectivity index (χ1v) is 11.1. The molecular formula is C22H46N2. The lowest BCUT2D eigenvalue weighted by Gasteiger charge is -2.36. The minimum absolute atomic E-state index is 0.494. The second-order valence-electron chi connectivity index (χ2n) is 8.74. The van der Waals surface area contributed by atoms with E-state index in [4.69, 9.17) is 0 Å². The van der Waals surface area contributed by atoms with Gasteiger partial charge in [0.1, 0.15) is 0 Å². The zero-order valence-corrected chi connectivity index (χ0v) is 17.4. The van der Waals surface area contributed by atoms with Crippen molar-refractivity contribution in [2.75, 3.05) is 0 Å². The van der Waals surface area contributed by atoms with Crippen molar-refractivity contribution in [1.82, 2.24) is 10.6 Å². The number of hydrogen-bond acceptors (Lipinski definition) is 2. The molecule has 1 rings (SSSR count). The minimum atomic E-state index is 0.494. The molecule has 1 unspecified atom stereocenters. The van der Waals surface area contributed by atoms with Crippen molar-refractivity contribution >= 4 is 0 Å². The van der Waals surface area contributed by atoms with E-state index in [0.29, 0.717) is 18.2 Å². The Bertz CT molecular complexity index is 272. The first kappa shape index (κ1) is 22.0. The molecule has 0 aliphatic heterocycles. The fourth-order valence-corrected chi connectivity index (χ4v) is 4.41. The number of hydrogen-bond donors (Lipinski definition) is 2. The van der Waals surface area contributed by atoms with Gasteiger partial charge in [0.25, 0.3) is 0 Å². The van der Waals surface area contributed by atoms with E-state index in [1.807, 2.05) is 0 Å². The van der Waals surface area contributed by atoms with Crippen molar-refractivity contribution in [1.29, 1.82) is 0 Å². The summed E-state index contributed by atoms with van der Waals surface area (Å²) in [6, 6.07) is 1.11. The van der Waals surface area contributed by atoms with Gasteiger partial charge in [-0.25, -0.2) is 0 Å². The van der Waals surface area contributed by atoms with Gasteiger partial charge < -0.3 is 0 Å². The van der Waals surface area contributed by atoms with Crippen LogP contribution >= 0.6 is 0 Å². The first-order chi connectivity index (χ1) is 11.5. The summed E-state index contributed by atoms with van der Waals surface area (Å²) in [7, 11) is 0. The van der Waals surface area contributed by atoms with Gasteiger partial charge in [0.15, 0.2) is 0 Å². The highest BCUT2D eigenvalue weighted by atomic mass is 15.2. The highest BCUT2D eigenvalue weighted by molar-refractivity contribution is 4.85. The van der Waals surface area contributed by atoms with Crippen LogP contribution in [0.3, 0.4) is 0 Å². The fraction of sp³-hybridized carbons (Fsp3) is 1.00. The Hall–Kier alpha value is -0.0800. The Morgan fingerprint density at radius 1 is 0.750 bits per heavy atom. The van der Waals surface area contributed by atoms with Crippen LogP contribution in [-0.4, -0.2) is 18.2 Å². The molecule has 0 radical (unpaired) electrons. The third-order valence-corrected chi connectivity index (χ3v) is 5.60. The summed E-state index contributed by atoms with van der Waals surface area (Å²) in [5.74, 6) is 1.75. The third kappa shape index (κ3) is 9.42. The molecule has 2 nitrogen and oxygen atoms in total. The van der Waals surface area contributed by atoms with Crippen LogP contribution in [-0.2, 0) is 0 Å². The van der Waals surface area contributed by atoms with E-state index in [0.717, 1.165) is 11.8 Å². The minimum Gasteiger partial charge on any atom is -0.299 e. The van der Waals surface area contributed by atoms with Gasteiger partial charge in [-0.2, -0.15) is 0 Å². The Morgan fingerprint density at radius 2 is 1.25 bits per heavy atom. The highest BCUT2D eigenvalue weighted by Gasteiger charge is 2.31. The largest absolute Gasteiger partial charge is 0.299 e. The summed E-state index contributed by atoms with van der Waals surface area (Å²) in [5, 5.41) is 7.69. The summed E-state index contributed by atoms with van der Waals surface area (Å²) in [5.41, 5.74) is 0. The maximum Gasteiger partial charge on any atom is 0.0607 e. The molecule has 2 N–H and O–H groups in total. The molecule has 0 aromatic heterocycles. The molecule has 0 heterocycles. The third-order valence-electron chi connectivity index (χ3n) is 5.60. The summed E-state index contributed by atoms with van der Waals surface area (Å²) in [4.78, 5) is 0. The van der Waals surface area contributed by atoms with Gasteiger partial charge in [0.05, 0.1) is 6.17 Å². The second kappa shape index (κ2) is 13.2. The van der Waals surface area contributed by atoms with Gasteiger partial charge in [0, 0.05) is 12.1 Å². The molecule has 0 aromatic rings. The van der Waals surface area contributed by atoms with E-state index in [-0.39, 0.29) is 0 Å². The summed E-state index contributed by atoms with van der Waals surface area (Å²) >= 11 is 0. The molecule has 2 heteroatoms. The summed E-state index contributed by atoms with van der Waals surface area (Å²) in [6.45, 7) is 11.4. The topological polar surface area (TPSA) is 24.1 Å². The lowest BCUT2D eigenvalue weighted by atomic mass is 9.83. The normalized spacial score (nSPS) is 17.5. The molecule has 1 fully saturated rings. The second-order valence-corrected chi connectivity index (χ2v) is 8.74. The van der Waals surface area contributed by atoms with Crippen LogP contribution in [0, 0.1) is 11.8 Å². The number of rotatable bonds is 14. The van der Waals surface area contributed by atoms with Crippen LogP contribution in [0.2, 0.25) is 0 Å². The lowest BCUT2D eigenvalue weighted by Crippen LogP contribution is -2.54. The van der Waals surface area contributed by atoms with Gasteiger partial charge in [-0.3, -0.25) is 10.6 Å². The van der Waals surface area contributed by atoms with Crippen molar-refractivity contribution in [3.8, 4) is 0 Å². The summed E-state index contributed by atoms with van der Waals surface area (Å²) in [6.07, 6.45) is 17.7. The van der Waals surface area contributed by atoms with Crippen LogP contribution in [0.1, 0.15) is 112 Å². The molecule has 0 amide bonds. The smallest absolute Gasteiger partial charge is 0.0607 e. The average molecular weight is 339 g/mol. The van der Waals surface area contributed by atoms with E-state index >= 15 is 0 Å². The van der Waals surface area contributed by atoms with E-state index in [9.17, 15) is 0 Å². The maximum atomic E-state index is 3.85. The molecule has 24 heavy (non-hydrogen) atoms.